The second-order valence-electron chi connectivity index (χ2n) is 15.7. The highest BCUT2D eigenvalue weighted by atomic mass is 16.6. The predicted octanol–water partition coefficient (Wildman–Crippen LogP) is 13.4. The summed E-state index contributed by atoms with van der Waals surface area (Å²) >= 11 is 0. The van der Waals surface area contributed by atoms with E-state index in [1.54, 1.807) is 0 Å². The van der Waals surface area contributed by atoms with E-state index in [0.717, 1.165) is 76.0 Å². The Labute approximate surface area is 310 Å². The summed E-state index contributed by atoms with van der Waals surface area (Å²) in [4.78, 5) is 37.3. The first-order chi connectivity index (χ1) is 24.3. The number of carbonyl (C=O) groups is 3. The van der Waals surface area contributed by atoms with Gasteiger partial charge in [0.15, 0.2) is 6.10 Å². The molecule has 0 fully saturated rings. The topological polar surface area (TPSA) is 78.9 Å². The highest BCUT2D eigenvalue weighted by Gasteiger charge is 2.19. The minimum atomic E-state index is -0.758. The second kappa shape index (κ2) is 37.2. The zero-order valence-corrected chi connectivity index (χ0v) is 34.0. The third-order valence-electron chi connectivity index (χ3n) is 10.1. The molecular formula is C44H84O6. The summed E-state index contributed by atoms with van der Waals surface area (Å²) in [7, 11) is 0. The molecule has 50 heavy (non-hydrogen) atoms. The quantitative estimate of drug-likeness (QED) is 0.0361. The van der Waals surface area contributed by atoms with Crippen LogP contribution in [-0.2, 0) is 28.6 Å². The van der Waals surface area contributed by atoms with Gasteiger partial charge in [-0.2, -0.15) is 0 Å². The lowest BCUT2D eigenvalue weighted by Gasteiger charge is -2.18. The van der Waals surface area contributed by atoms with Gasteiger partial charge in [-0.1, -0.05) is 195 Å². The van der Waals surface area contributed by atoms with E-state index in [-0.39, 0.29) is 31.1 Å². The maximum atomic E-state index is 12.6. The largest absolute Gasteiger partial charge is 0.462 e. The molecule has 0 rings (SSSR count). The number of esters is 3. The van der Waals surface area contributed by atoms with Crippen molar-refractivity contribution in [1.29, 1.82) is 0 Å². The van der Waals surface area contributed by atoms with Crippen molar-refractivity contribution in [1.82, 2.24) is 0 Å². The van der Waals surface area contributed by atoms with E-state index in [1.165, 1.54) is 116 Å². The molecule has 0 saturated heterocycles. The van der Waals surface area contributed by atoms with Crippen LogP contribution in [0.25, 0.3) is 0 Å². The SMILES string of the molecule is CCCCCCCC(=O)OC[C@H](COC(=O)CCCCCCCCCCCCCCCCC(C)CC)OC(=O)CCCCCCCCC(C)C. The second-order valence-corrected chi connectivity index (χ2v) is 15.7. The van der Waals surface area contributed by atoms with Crippen molar-refractivity contribution in [3.05, 3.63) is 0 Å². The van der Waals surface area contributed by atoms with Crippen molar-refractivity contribution in [3.63, 3.8) is 0 Å². The Kier molecular flexibility index (Phi) is 36.0. The molecule has 296 valence electrons. The number of ether oxygens (including phenoxy) is 3. The van der Waals surface area contributed by atoms with Crippen molar-refractivity contribution in [2.24, 2.45) is 11.8 Å². The van der Waals surface area contributed by atoms with Crippen LogP contribution in [0.3, 0.4) is 0 Å². The molecule has 0 N–H and O–H groups in total. The van der Waals surface area contributed by atoms with Crippen LogP contribution in [0.1, 0.15) is 234 Å². The Hall–Kier alpha value is -1.59. The third-order valence-corrected chi connectivity index (χ3v) is 10.1. The normalized spacial score (nSPS) is 12.6. The van der Waals surface area contributed by atoms with Gasteiger partial charge in [-0.15, -0.1) is 0 Å². The Morgan fingerprint density at radius 1 is 0.420 bits per heavy atom. The first-order valence-corrected chi connectivity index (χ1v) is 21.8. The average Bonchev–Trinajstić information content (AvgIpc) is 3.09. The van der Waals surface area contributed by atoms with Gasteiger partial charge in [0.25, 0.3) is 0 Å². The van der Waals surface area contributed by atoms with Gasteiger partial charge in [0, 0.05) is 19.3 Å². The van der Waals surface area contributed by atoms with Gasteiger partial charge in [-0.3, -0.25) is 14.4 Å². The van der Waals surface area contributed by atoms with E-state index < -0.39 is 6.10 Å². The van der Waals surface area contributed by atoms with Gasteiger partial charge >= 0.3 is 17.9 Å². The Morgan fingerprint density at radius 3 is 1.14 bits per heavy atom. The van der Waals surface area contributed by atoms with E-state index >= 15 is 0 Å². The lowest BCUT2D eigenvalue weighted by Crippen LogP contribution is -2.30. The average molecular weight is 709 g/mol. The van der Waals surface area contributed by atoms with Crippen molar-refractivity contribution < 1.29 is 28.6 Å². The number of unbranched alkanes of at least 4 members (excludes halogenated alkanes) is 22. The molecule has 0 aliphatic rings. The molecule has 6 heteroatoms. The Bertz CT molecular complexity index is 766. The Balaban J connectivity index is 4.12. The van der Waals surface area contributed by atoms with E-state index in [2.05, 4.69) is 34.6 Å². The lowest BCUT2D eigenvalue weighted by atomic mass is 9.99. The third kappa shape index (κ3) is 36.2. The van der Waals surface area contributed by atoms with Crippen LogP contribution in [-0.4, -0.2) is 37.2 Å². The van der Waals surface area contributed by atoms with Crippen LogP contribution in [0.15, 0.2) is 0 Å². The maximum absolute atomic E-state index is 12.6. The minimum absolute atomic E-state index is 0.0670. The summed E-state index contributed by atoms with van der Waals surface area (Å²) in [5, 5.41) is 0. The van der Waals surface area contributed by atoms with Crippen molar-refractivity contribution in [2.45, 2.75) is 240 Å². The van der Waals surface area contributed by atoms with Gasteiger partial charge in [0.05, 0.1) is 0 Å². The van der Waals surface area contributed by atoms with E-state index in [9.17, 15) is 14.4 Å². The van der Waals surface area contributed by atoms with Gasteiger partial charge in [0.1, 0.15) is 13.2 Å². The zero-order valence-electron chi connectivity index (χ0n) is 34.0. The first kappa shape index (κ1) is 48.4. The highest BCUT2D eigenvalue weighted by Crippen LogP contribution is 2.17. The van der Waals surface area contributed by atoms with Gasteiger partial charge in [0.2, 0.25) is 0 Å². The molecule has 0 amide bonds. The van der Waals surface area contributed by atoms with Crippen LogP contribution < -0.4 is 0 Å². The fourth-order valence-electron chi connectivity index (χ4n) is 6.37. The number of hydrogen-bond acceptors (Lipinski definition) is 6. The molecule has 1 unspecified atom stereocenters. The van der Waals surface area contributed by atoms with E-state index in [0.29, 0.717) is 19.3 Å². The smallest absolute Gasteiger partial charge is 0.306 e. The zero-order chi connectivity index (χ0) is 36.9. The summed E-state index contributed by atoms with van der Waals surface area (Å²) in [5.41, 5.74) is 0. The monoisotopic (exact) mass is 709 g/mol. The predicted molar refractivity (Wildman–Crippen MR) is 210 cm³/mol. The van der Waals surface area contributed by atoms with E-state index in [4.69, 9.17) is 14.2 Å². The molecule has 0 aromatic heterocycles. The van der Waals surface area contributed by atoms with Crippen LogP contribution in [0, 0.1) is 11.8 Å². The van der Waals surface area contributed by atoms with Crippen LogP contribution >= 0.6 is 0 Å². The number of hydrogen-bond donors (Lipinski definition) is 0. The minimum Gasteiger partial charge on any atom is -0.462 e. The molecule has 0 aromatic rings. The highest BCUT2D eigenvalue weighted by molar-refractivity contribution is 5.71. The van der Waals surface area contributed by atoms with Crippen LogP contribution in [0.4, 0.5) is 0 Å². The fraction of sp³-hybridized carbons (Fsp3) is 0.932. The molecule has 0 aromatic carbocycles. The summed E-state index contributed by atoms with van der Waals surface area (Å²) in [6.45, 7) is 11.2. The molecule has 6 nitrogen and oxygen atoms in total. The van der Waals surface area contributed by atoms with E-state index in [1.807, 2.05) is 0 Å². The molecular weight excluding hydrogens is 624 g/mol. The fourth-order valence-corrected chi connectivity index (χ4v) is 6.37. The van der Waals surface area contributed by atoms with Crippen LogP contribution in [0.2, 0.25) is 0 Å². The molecule has 0 spiro atoms. The van der Waals surface area contributed by atoms with Crippen molar-refractivity contribution >= 4 is 17.9 Å². The molecule has 0 bridgehead atoms. The molecule has 0 radical (unpaired) electrons. The van der Waals surface area contributed by atoms with Gasteiger partial charge in [-0.05, 0) is 31.1 Å². The summed E-state index contributed by atoms with van der Waals surface area (Å²) in [6.07, 6.45) is 34.1. The summed E-state index contributed by atoms with van der Waals surface area (Å²) in [6, 6.07) is 0. The van der Waals surface area contributed by atoms with Crippen LogP contribution in [0.5, 0.6) is 0 Å². The van der Waals surface area contributed by atoms with Crippen molar-refractivity contribution in [2.75, 3.05) is 13.2 Å². The van der Waals surface area contributed by atoms with Gasteiger partial charge in [-0.25, -0.2) is 0 Å². The maximum Gasteiger partial charge on any atom is 0.306 e. The molecule has 0 aliphatic heterocycles. The summed E-state index contributed by atoms with van der Waals surface area (Å²) in [5.74, 6) is 0.776. The number of rotatable bonds is 38. The Morgan fingerprint density at radius 2 is 0.760 bits per heavy atom. The molecule has 0 heterocycles. The lowest BCUT2D eigenvalue weighted by molar-refractivity contribution is -0.167. The summed E-state index contributed by atoms with van der Waals surface area (Å²) < 4.78 is 16.5. The van der Waals surface area contributed by atoms with Gasteiger partial charge < -0.3 is 14.2 Å². The number of carbonyl (C=O) groups excluding carboxylic acids is 3. The molecule has 2 atom stereocenters. The standard InChI is InChI=1S/C44H84O6/c1-6-8-9-22-29-34-42(45)48-37-41(50-44(47)36-31-26-21-20-23-27-32-39(3)4)38-49-43(46)35-30-25-19-17-15-13-11-10-12-14-16-18-24-28-33-40(5)7-2/h39-41H,6-38H2,1-5H3/t40?,41-/m1/s1. The molecule has 0 aliphatic carbocycles. The first-order valence-electron chi connectivity index (χ1n) is 21.8. The van der Waals surface area contributed by atoms with Crippen molar-refractivity contribution in [3.8, 4) is 0 Å². The molecule has 0 saturated carbocycles.